The number of benzene rings is 2. The number of hydrogen-bond donors (Lipinski definition) is 0. The Labute approximate surface area is 184 Å². The highest BCUT2D eigenvalue weighted by Gasteiger charge is 2.33. The lowest BCUT2D eigenvalue weighted by molar-refractivity contribution is -0.127. The van der Waals surface area contributed by atoms with Crippen molar-refractivity contribution in [3.05, 3.63) is 72.6 Å². The molecule has 0 bridgehead atoms. The Bertz CT molecular complexity index is 1040. The summed E-state index contributed by atoms with van der Waals surface area (Å²) in [6.07, 6.45) is 5.32. The molecule has 1 aromatic heterocycles. The molecule has 0 N–H and O–H groups in total. The first-order valence-corrected chi connectivity index (χ1v) is 11.2. The Morgan fingerprint density at radius 2 is 1.97 bits per heavy atom. The van der Waals surface area contributed by atoms with Crippen molar-refractivity contribution in [1.82, 2.24) is 14.5 Å². The van der Waals surface area contributed by atoms with Gasteiger partial charge < -0.3 is 14.2 Å². The number of likely N-dealkylation sites (tertiary alicyclic amines) is 1. The van der Waals surface area contributed by atoms with Crippen LogP contribution >= 0.6 is 0 Å². The Kier molecular flexibility index (Phi) is 6.70. The third-order valence-electron chi connectivity index (χ3n) is 5.99. The Balaban J connectivity index is 1.40. The van der Waals surface area contributed by atoms with Crippen LogP contribution in [0.5, 0.6) is 5.75 Å². The summed E-state index contributed by atoms with van der Waals surface area (Å²) in [5.41, 5.74) is 3.46. The van der Waals surface area contributed by atoms with Crippen LogP contribution in [0, 0.1) is 0 Å². The van der Waals surface area contributed by atoms with Gasteiger partial charge in [-0.1, -0.05) is 37.3 Å². The van der Waals surface area contributed by atoms with Crippen LogP contribution in [0.25, 0.3) is 11.0 Å². The molecule has 1 amide bonds. The first kappa shape index (κ1) is 21.2. The van der Waals surface area contributed by atoms with Crippen molar-refractivity contribution >= 4 is 16.9 Å². The van der Waals surface area contributed by atoms with Gasteiger partial charge in [0.25, 0.3) is 0 Å². The summed E-state index contributed by atoms with van der Waals surface area (Å²) in [6, 6.07) is 16.6. The van der Waals surface area contributed by atoms with Crippen molar-refractivity contribution in [2.24, 2.45) is 0 Å². The maximum atomic E-state index is 12.4. The molecule has 2 heterocycles. The summed E-state index contributed by atoms with van der Waals surface area (Å²) in [7, 11) is 0. The van der Waals surface area contributed by atoms with E-state index in [1.54, 1.807) is 6.08 Å². The zero-order valence-electron chi connectivity index (χ0n) is 18.3. The zero-order valence-corrected chi connectivity index (χ0v) is 18.3. The molecule has 1 saturated heterocycles. The largest absolute Gasteiger partial charge is 0.494 e. The van der Waals surface area contributed by atoms with Crippen molar-refractivity contribution in [2.75, 3.05) is 19.7 Å². The highest BCUT2D eigenvalue weighted by Crippen LogP contribution is 2.30. The highest BCUT2D eigenvalue weighted by molar-refractivity contribution is 5.81. The number of aromatic nitrogens is 2. The monoisotopic (exact) mass is 417 g/mol. The lowest BCUT2D eigenvalue weighted by Crippen LogP contribution is -2.25. The molecule has 0 spiro atoms. The predicted molar refractivity (Wildman–Crippen MR) is 124 cm³/mol. The Morgan fingerprint density at radius 3 is 2.74 bits per heavy atom. The van der Waals surface area contributed by atoms with Gasteiger partial charge >= 0.3 is 0 Å². The molecular formula is C26H31N3O2. The van der Waals surface area contributed by atoms with Gasteiger partial charge in [-0.05, 0) is 49.1 Å². The van der Waals surface area contributed by atoms with Crippen LogP contribution in [-0.4, -0.2) is 40.1 Å². The first-order valence-electron chi connectivity index (χ1n) is 11.2. The van der Waals surface area contributed by atoms with Crippen LogP contribution in [0.4, 0.5) is 0 Å². The lowest BCUT2D eigenvalue weighted by Gasteiger charge is -2.15. The average Bonchev–Trinajstić information content (AvgIpc) is 3.34. The Morgan fingerprint density at radius 1 is 1.16 bits per heavy atom. The third-order valence-corrected chi connectivity index (χ3v) is 5.99. The summed E-state index contributed by atoms with van der Waals surface area (Å²) in [5.74, 6) is 2.27. The molecule has 2 aromatic carbocycles. The molecule has 0 aliphatic carbocycles. The van der Waals surface area contributed by atoms with Gasteiger partial charge in [0, 0.05) is 32.0 Å². The molecule has 1 atom stereocenters. The Hall–Kier alpha value is -3.08. The van der Waals surface area contributed by atoms with Crippen LogP contribution in [0.2, 0.25) is 0 Å². The minimum atomic E-state index is 0.133. The van der Waals surface area contributed by atoms with Crippen LogP contribution in [0.15, 0.2) is 61.2 Å². The molecule has 4 rings (SSSR count). The van der Waals surface area contributed by atoms with E-state index in [1.807, 2.05) is 23.1 Å². The molecule has 1 aliphatic rings. The number of hydrogen-bond acceptors (Lipinski definition) is 3. The normalized spacial score (nSPS) is 16.2. The van der Waals surface area contributed by atoms with E-state index in [0.29, 0.717) is 26.1 Å². The molecule has 5 heteroatoms. The summed E-state index contributed by atoms with van der Waals surface area (Å²) < 4.78 is 8.22. The number of nitrogens with zero attached hydrogens (tertiary/aromatic N) is 3. The van der Waals surface area contributed by atoms with Crippen LogP contribution in [0.1, 0.15) is 43.5 Å². The van der Waals surface area contributed by atoms with Crippen LogP contribution in [-0.2, 0) is 17.8 Å². The second-order valence-electron chi connectivity index (χ2n) is 8.15. The molecular weight excluding hydrogens is 386 g/mol. The SMILES string of the molecule is C=CCN1CC(c2nc3ccccc3n2CCCCOc2ccc(CC)cc2)CC1=O. The zero-order chi connectivity index (χ0) is 21.6. The summed E-state index contributed by atoms with van der Waals surface area (Å²) in [6.45, 7) is 8.81. The second-order valence-corrected chi connectivity index (χ2v) is 8.15. The molecule has 1 fully saturated rings. The van der Waals surface area contributed by atoms with Crippen molar-refractivity contribution in [3.63, 3.8) is 0 Å². The molecule has 0 radical (unpaired) electrons. The fourth-order valence-electron chi connectivity index (χ4n) is 4.30. The molecule has 5 nitrogen and oxygen atoms in total. The number of imidazole rings is 1. The van der Waals surface area contributed by atoms with Gasteiger partial charge in [-0.15, -0.1) is 6.58 Å². The van der Waals surface area contributed by atoms with E-state index in [1.165, 1.54) is 5.56 Å². The third kappa shape index (κ3) is 4.82. The van der Waals surface area contributed by atoms with Crippen molar-refractivity contribution in [2.45, 2.75) is 45.1 Å². The van der Waals surface area contributed by atoms with Gasteiger partial charge in [0.05, 0.1) is 17.6 Å². The molecule has 1 unspecified atom stereocenters. The van der Waals surface area contributed by atoms with Gasteiger partial charge in [0.1, 0.15) is 11.6 Å². The van der Waals surface area contributed by atoms with Gasteiger partial charge in [0.2, 0.25) is 5.91 Å². The summed E-state index contributed by atoms with van der Waals surface area (Å²) in [5, 5.41) is 0. The number of fused-ring (bicyclic) bond motifs is 1. The first-order chi connectivity index (χ1) is 15.2. The van der Waals surface area contributed by atoms with E-state index in [-0.39, 0.29) is 11.8 Å². The number of para-hydroxylation sites is 2. The average molecular weight is 418 g/mol. The molecule has 162 valence electrons. The van der Waals surface area contributed by atoms with Crippen molar-refractivity contribution in [1.29, 1.82) is 0 Å². The van der Waals surface area contributed by atoms with E-state index in [9.17, 15) is 4.79 Å². The fraction of sp³-hybridized carbons (Fsp3) is 0.385. The smallest absolute Gasteiger partial charge is 0.223 e. The second kappa shape index (κ2) is 9.82. The van der Waals surface area contributed by atoms with Crippen molar-refractivity contribution < 1.29 is 9.53 Å². The van der Waals surface area contributed by atoms with E-state index in [2.05, 4.69) is 48.4 Å². The van der Waals surface area contributed by atoms with Gasteiger partial charge in [-0.25, -0.2) is 4.98 Å². The number of aryl methyl sites for hydroxylation is 2. The fourth-order valence-corrected chi connectivity index (χ4v) is 4.30. The number of ether oxygens (including phenoxy) is 1. The molecule has 3 aromatic rings. The summed E-state index contributed by atoms with van der Waals surface area (Å²) in [4.78, 5) is 19.2. The van der Waals surface area contributed by atoms with Crippen LogP contribution < -0.4 is 4.74 Å². The minimum absolute atomic E-state index is 0.133. The summed E-state index contributed by atoms with van der Waals surface area (Å²) >= 11 is 0. The maximum absolute atomic E-state index is 12.4. The number of amides is 1. The molecule has 1 aliphatic heterocycles. The number of rotatable bonds is 10. The number of carbonyl (C=O) groups excluding carboxylic acids is 1. The van der Waals surface area contributed by atoms with E-state index < -0.39 is 0 Å². The van der Waals surface area contributed by atoms with Gasteiger partial charge in [0.15, 0.2) is 0 Å². The van der Waals surface area contributed by atoms with Crippen molar-refractivity contribution in [3.8, 4) is 5.75 Å². The van der Waals surface area contributed by atoms with E-state index in [4.69, 9.17) is 9.72 Å². The predicted octanol–water partition coefficient (Wildman–Crippen LogP) is 4.96. The van der Waals surface area contributed by atoms with E-state index >= 15 is 0 Å². The molecule has 31 heavy (non-hydrogen) atoms. The number of unbranched alkanes of at least 4 members (excludes halogenated alkanes) is 1. The number of carbonyl (C=O) groups is 1. The molecule has 0 saturated carbocycles. The highest BCUT2D eigenvalue weighted by atomic mass is 16.5. The quantitative estimate of drug-likeness (QED) is 0.346. The van der Waals surface area contributed by atoms with E-state index in [0.717, 1.165) is 48.4 Å². The lowest BCUT2D eigenvalue weighted by atomic mass is 10.1. The topological polar surface area (TPSA) is 47.4 Å². The van der Waals surface area contributed by atoms with Gasteiger partial charge in [-0.3, -0.25) is 4.79 Å². The van der Waals surface area contributed by atoms with Crippen LogP contribution in [0.3, 0.4) is 0 Å². The van der Waals surface area contributed by atoms with Gasteiger partial charge in [-0.2, -0.15) is 0 Å². The minimum Gasteiger partial charge on any atom is -0.494 e. The standard InChI is InChI=1S/C26H31N3O2/c1-3-15-28-19-21(18-25(28)30)26-27-23-9-5-6-10-24(23)29(26)16-7-8-17-31-22-13-11-20(4-2)12-14-22/h3,5-6,9-14,21H,1,4,7-8,15-19H2,2H3. The maximum Gasteiger partial charge on any atom is 0.223 e.